The first-order valence-electron chi connectivity index (χ1n) is 5.82. The highest BCUT2D eigenvalue weighted by molar-refractivity contribution is 7.91. The van der Waals surface area contributed by atoms with E-state index < -0.39 is 9.84 Å². The number of nitrogens with one attached hydrogen (secondary N) is 1. The van der Waals surface area contributed by atoms with Crippen LogP contribution in [0, 0.1) is 5.92 Å². The van der Waals surface area contributed by atoms with Gasteiger partial charge in [-0.25, -0.2) is 8.42 Å². The average Bonchev–Trinajstić information content (AvgIpc) is 2.88. The Morgan fingerprint density at radius 2 is 2.07 bits per heavy atom. The maximum Gasteiger partial charge on any atom is 0.153 e. The van der Waals surface area contributed by atoms with Gasteiger partial charge in [-0.15, -0.1) is 0 Å². The Morgan fingerprint density at radius 1 is 1.27 bits per heavy atom. The van der Waals surface area contributed by atoms with Crippen molar-refractivity contribution in [2.75, 3.05) is 31.1 Å². The van der Waals surface area contributed by atoms with Crippen LogP contribution in [0.15, 0.2) is 0 Å². The van der Waals surface area contributed by atoms with Gasteiger partial charge in [0.15, 0.2) is 9.84 Å². The van der Waals surface area contributed by atoms with E-state index in [1.54, 1.807) is 0 Å². The van der Waals surface area contributed by atoms with Gasteiger partial charge in [0.1, 0.15) is 0 Å². The van der Waals surface area contributed by atoms with Crippen molar-refractivity contribution in [3.63, 3.8) is 0 Å². The van der Waals surface area contributed by atoms with Gasteiger partial charge < -0.3 is 5.32 Å². The van der Waals surface area contributed by atoms with Crippen molar-refractivity contribution in [2.45, 2.75) is 24.9 Å². The van der Waals surface area contributed by atoms with Crippen molar-refractivity contribution >= 4 is 9.84 Å². The molecule has 2 atom stereocenters. The van der Waals surface area contributed by atoms with Crippen molar-refractivity contribution in [1.29, 1.82) is 0 Å². The zero-order valence-electron chi connectivity index (χ0n) is 8.85. The summed E-state index contributed by atoms with van der Waals surface area (Å²) in [6.07, 6.45) is 2.68. The summed E-state index contributed by atoms with van der Waals surface area (Å²) < 4.78 is 23.2. The Kier molecular flexibility index (Phi) is 2.30. The van der Waals surface area contributed by atoms with E-state index in [1.165, 1.54) is 12.8 Å². The van der Waals surface area contributed by atoms with Gasteiger partial charge in [-0.05, 0) is 18.8 Å². The van der Waals surface area contributed by atoms with Crippen molar-refractivity contribution in [3.05, 3.63) is 0 Å². The molecule has 2 heterocycles. The van der Waals surface area contributed by atoms with Gasteiger partial charge in [0.2, 0.25) is 0 Å². The lowest BCUT2D eigenvalue weighted by Gasteiger charge is -2.37. The van der Waals surface area contributed by atoms with Crippen molar-refractivity contribution < 1.29 is 8.42 Å². The number of piperazine rings is 1. The van der Waals surface area contributed by atoms with E-state index in [4.69, 9.17) is 0 Å². The molecule has 2 saturated heterocycles. The highest BCUT2D eigenvalue weighted by Gasteiger charge is 2.43. The fraction of sp³-hybridized carbons (Fsp3) is 1.00. The zero-order valence-corrected chi connectivity index (χ0v) is 9.67. The number of nitrogens with zero attached hydrogens (tertiary/aromatic N) is 1. The van der Waals surface area contributed by atoms with Crippen LogP contribution in [0.1, 0.15) is 12.8 Å². The number of sulfone groups is 1. The number of hydrogen-bond acceptors (Lipinski definition) is 4. The molecule has 5 heteroatoms. The van der Waals surface area contributed by atoms with E-state index in [0.29, 0.717) is 11.5 Å². The molecule has 1 N–H and O–H groups in total. The molecule has 1 saturated carbocycles. The molecule has 0 unspecified atom stereocenters. The molecule has 2 aliphatic heterocycles. The zero-order chi connectivity index (χ0) is 10.5. The molecule has 3 aliphatic rings. The van der Waals surface area contributed by atoms with Gasteiger partial charge in [0.05, 0.1) is 11.5 Å². The summed E-state index contributed by atoms with van der Waals surface area (Å²) in [5, 5.41) is 3.34. The SMILES string of the molecule is O=S1(=O)C[C@H]2NCCN(CC3CC3)[C@H]2C1. The number of fused-ring (bicyclic) bond motifs is 1. The number of rotatable bonds is 2. The number of hydrogen-bond donors (Lipinski definition) is 1. The largest absolute Gasteiger partial charge is 0.310 e. The summed E-state index contributed by atoms with van der Waals surface area (Å²) in [5.74, 6) is 1.57. The fourth-order valence-corrected chi connectivity index (χ4v) is 4.79. The fourth-order valence-electron chi connectivity index (χ4n) is 2.80. The summed E-state index contributed by atoms with van der Waals surface area (Å²) in [4.78, 5) is 2.41. The van der Waals surface area contributed by atoms with Crippen molar-refractivity contribution in [2.24, 2.45) is 5.92 Å². The second kappa shape index (κ2) is 3.43. The summed E-state index contributed by atoms with van der Waals surface area (Å²) in [6.45, 7) is 3.09. The summed E-state index contributed by atoms with van der Waals surface area (Å²) in [7, 11) is -2.78. The van der Waals surface area contributed by atoms with E-state index in [9.17, 15) is 8.42 Å². The topological polar surface area (TPSA) is 49.4 Å². The molecule has 0 aromatic rings. The molecule has 1 aliphatic carbocycles. The summed E-state index contributed by atoms with van der Waals surface area (Å²) >= 11 is 0. The Balaban J connectivity index is 1.73. The standard InChI is InChI=1S/C10H18N2O2S/c13-15(14)6-9-10(7-15)12(4-3-11-9)5-8-1-2-8/h8-11H,1-7H2/t9-,10+/m1/s1. The molecule has 3 fully saturated rings. The third kappa shape index (κ3) is 2.05. The van der Waals surface area contributed by atoms with Gasteiger partial charge in [0.25, 0.3) is 0 Å². The third-order valence-corrected chi connectivity index (χ3v) is 5.50. The predicted molar refractivity (Wildman–Crippen MR) is 58.5 cm³/mol. The lowest BCUT2D eigenvalue weighted by Crippen LogP contribution is -2.57. The van der Waals surface area contributed by atoms with E-state index in [2.05, 4.69) is 10.2 Å². The molecule has 3 rings (SSSR count). The third-order valence-electron chi connectivity index (χ3n) is 3.79. The average molecular weight is 230 g/mol. The Hall–Kier alpha value is -0.130. The van der Waals surface area contributed by atoms with E-state index >= 15 is 0 Å². The minimum Gasteiger partial charge on any atom is -0.310 e. The smallest absolute Gasteiger partial charge is 0.153 e. The van der Waals surface area contributed by atoms with E-state index in [1.807, 2.05) is 0 Å². The molecule has 15 heavy (non-hydrogen) atoms. The molecular formula is C10H18N2O2S. The highest BCUT2D eigenvalue weighted by Crippen LogP contribution is 2.32. The van der Waals surface area contributed by atoms with Crippen LogP contribution in [-0.4, -0.2) is 56.5 Å². The normalized spacial score (nSPS) is 40.3. The molecule has 0 bridgehead atoms. The van der Waals surface area contributed by atoms with Gasteiger partial charge in [0, 0.05) is 31.7 Å². The molecule has 0 aromatic carbocycles. The second-order valence-corrected chi connectivity index (χ2v) is 7.30. The van der Waals surface area contributed by atoms with Crippen LogP contribution in [0.3, 0.4) is 0 Å². The minimum absolute atomic E-state index is 0.197. The van der Waals surface area contributed by atoms with Gasteiger partial charge in [-0.2, -0.15) is 0 Å². The lowest BCUT2D eigenvalue weighted by molar-refractivity contribution is 0.143. The minimum atomic E-state index is -2.78. The van der Waals surface area contributed by atoms with Crippen LogP contribution < -0.4 is 5.32 Å². The predicted octanol–water partition coefficient (Wildman–Crippen LogP) is -0.533. The summed E-state index contributed by atoms with van der Waals surface area (Å²) in [5.41, 5.74) is 0. The lowest BCUT2D eigenvalue weighted by atomic mass is 10.1. The van der Waals surface area contributed by atoms with E-state index in [0.717, 1.165) is 25.6 Å². The molecule has 0 radical (unpaired) electrons. The second-order valence-electron chi connectivity index (χ2n) is 5.14. The Labute approximate surface area is 90.9 Å². The van der Waals surface area contributed by atoms with Crippen LogP contribution in [0.5, 0.6) is 0 Å². The maximum absolute atomic E-state index is 11.6. The highest BCUT2D eigenvalue weighted by atomic mass is 32.2. The first-order valence-corrected chi connectivity index (χ1v) is 7.64. The molecule has 0 amide bonds. The molecular weight excluding hydrogens is 212 g/mol. The van der Waals surface area contributed by atoms with Crippen LogP contribution in [-0.2, 0) is 9.84 Å². The van der Waals surface area contributed by atoms with E-state index in [-0.39, 0.29) is 12.1 Å². The summed E-state index contributed by atoms with van der Waals surface area (Å²) in [6, 6.07) is 0.451. The molecule has 86 valence electrons. The van der Waals surface area contributed by atoms with Gasteiger partial charge in [-0.3, -0.25) is 4.90 Å². The van der Waals surface area contributed by atoms with Crippen LogP contribution >= 0.6 is 0 Å². The van der Waals surface area contributed by atoms with Gasteiger partial charge >= 0.3 is 0 Å². The Bertz CT molecular complexity index is 350. The first kappa shape index (κ1) is 10.1. The quantitative estimate of drug-likeness (QED) is 0.693. The molecule has 0 spiro atoms. The van der Waals surface area contributed by atoms with Crippen LogP contribution in [0.4, 0.5) is 0 Å². The monoisotopic (exact) mass is 230 g/mol. The van der Waals surface area contributed by atoms with Crippen LogP contribution in [0.25, 0.3) is 0 Å². The Morgan fingerprint density at radius 3 is 2.80 bits per heavy atom. The van der Waals surface area contributed by atoms with Crippen molar-refractivity contribution in [3.8, 4) is 0 Å². The molecule has 4 nitrogen and oxygen atoms in total. The molecule has 0 aromatic heterocycles. The maximum atomic E-state index is 11.6. The van der Waals surface area contributed by atoms with Crippen LogP contribution in [0.2, 0.25) is 0 Å². The van der Waals surface area contributed by atoms with Crippen molar-refractivity contribution in [1.82, 2.24) is 10.2 Å². The van der Waals surface area contributed by atoms with Gasteiger partial charge in [-0.1, -0.05) is 0 Å². The first-order chi connectivity index (χ1) is 7.14.